The van der Waals surface area contributed by atoms with Crippen molar-refractivity contribution in [3.05, 3.63) is 30.1 Å². The largest absolute Gasteiger partial charge is 0.486 e. The number of likely N-dealkylation sites (N-methyl/N-ethyl adjacent to an activating group) is 1. The quantitative estimate of drug-likeness (QED) is 0.799. The van der Waals surface area contributed by atoms with Gasteiger partial charge in [0.05, 0.1) is 0 Å². The number of para-hydroxylation sites is 1. The Hall–Kier alpha value is -1.09. The van der Waals surface area contributed by atoms with Crippen molar-refractivity contribution in [1.82, 2.24) is 5.32 Å². The Morgan fingerprint density at radius 2 is 1.93 bits per heavy atom. The van der Waals surface area contributed by atoms with Crippen molar-refractivity contribution in [3.63, 3.8) is 0 Å². The van der Waals surface area contributed by atoms with E-state index in [1.54, 1.807) is 18.2 Å². The highest BCUT2D eigenvalue weighted by atomic mass is 19.1. The van der Waals surface area contributed by atoms with E-state index in [0.717, 1.165) is 0 Å². The first-order chi connectivity index (χ1) is 6.65. The fourth-order valence-corrected chi connectivity index (χ4v) is 1.08. The summed E-state index contributed by atoms with van der Waals surface area (Å²) in [6.45, 7) is 3.90. The van der Waals surface area contributed by atoms with Gasteiger partial charge in [0.2, 0.25) is 0 Å². The summed E-state index contributed by atoms with van der Waals surface area (Å²) < 4.78 is 18.6. The number of halogens is 1. The zero-order valence-electron chi connectivity index (χ0n) is 8.75. The van der Waals surface area contributed by atoms with Gasteiger partial charge in [-0.2, -0.15) is 0 Å². The van der Waals surface area contributed by atoms with Gasteiger partial charge in [-0.15, -0.1) is 0 Å². The minimum Gasteiger partial charge on any atom is -0.486 e. The lowest BCUT2D eigenvalue weighted by molar-refractivity contribution is 0.175. The molecule has 0 heterocycles. The first-order valence-corrected chi connectivity index (χ1v) is 4.73. The molecule has 0 aromatic heterocycles. The maximum absolute atomic E-state index is 13.2. The van der Waals surface area contributed by atoms with Crippen molar-refractivity contribution in [3.8, 4) is 5.75 Å². The number of benzene rings is 1. The Balaban J connectivity index is 2.64. The molecule has 1 aromatic carbocycles. The number of hydrogen-bond acceptors (Lipinski definition) is 2. The number of ether oxygens (including phenoxy) is 1. The fourth-order valence-electron chi connectivity index (χ4n) is 1.08. The van der Waals surface area contributed by atoms with E-state index in [1.807, 2.05) is 20.9 Å². The SMILES string of the molecule is CNC(C)C(C)Oc1ccccc1F. The van der Waals surface area contributed by atoms with E-state index in [4.69, 9.17) is 4.74 Å². The fraction of sp³-hybridized carbons (Fsp3) is 0.455. The summed E-state index contributed by atoms with van der Waals surface area (Å²) in [7, 11) is 1.85. The maximum atomic E-state index is 13.2. The molecule has 1 rings (SSSR count). The van der Waals surface area contributed by atoms with Crippen LogP contribution in [0.25, 0.3) is 0 Å². The molecule has 2 nitrogen and oxygen atoms in total. The summed E-state index contributed by atoms with van der Waals surface area (Å²) in [5, 5.41) is 3.06. The van der Waals surface area contributed by atoms with E-state index in [2.05, 4.69) is 5.32 Å². The van der Waals surface area contributed by atoms with Crippen LogP contribution in [0.4, 0.5) is 4.39 Å². The maximum Gasteiger partial charge on any atom is 0.165 e. The normalized spacial score (nSPS) is 14.9. The summed E-state index contributed by atoms with van der Waals surface area (Å²) in [4.78, 5) is 0. The Labute approximate surface area is 84.1 Å². The molecule has 3 heteroatoms. The highest BCUT2D eigenvalue weighted by Gasteiger charge is 2.13. The lowest BCUT2D eigenvalue weighted by Gasteiger charge is -2.21. The van der Waals surface area contributed by atoms with Crippen molar-refractivity contribution < 1.29 is 9.13 Å². The molecule has 2 atom stereocenters. The van der Waals surface area contributed by atoms with E-state index < -0.39 is 0 Å². The second kappa shape index (κ2) is 4.96. The van der Waals surface area contributed by atoms with E-state index in [-0.39, 0.29) is 18.0 Å². The van der Waals surface area contributed by atoms with E-state index >= 15 is 0 Å². The molecule has 0 amide bonds. The van der Waals surface area contributed by atoms with Gasteiger partial charge in [-0.1, -0.05) is 12.1 Å². The Morgan fingerprint density at radius 1 is 1.29 bits per heavy atom. The molecular formula is C11H16FNO. The van der Waals surface area contributed by atoms with Crippen molar-refractivity contribution >= 4 is 0 Å². The van der Waals surface area contributed by atoms with Gasteiger partial charge in [0, 0.05) is 6.04 Å². The first-order valence-electron chi connectivity index (χ1n) is 4.73. The monoisotopic (exact) mass is 197 g/mol. The Bertz CT molecular complexity index is 290. The lowest BCUT2D eigenvalue weighted by atomic mass is 10.2. The van der Waals surface area contributed by atoms with E-state index in [1.165, 1.54) is 6.07 Å². The lowest BCUT2D eigenvalue weighted by Crippen LogP contribution is -2.36. The summed E-state index contributed by atoms with van der Waals surface area (Å²) in [5.74, 6) is -0.00949. The molecule has 0 fully saturated rings. The molecule has 0 aliphatic carbocycles. The second-order valence-electron chi connectivity index (χ2n) is 3.33. The zero-order chi connectivity index (χ0) is 10.6. The van der Waals surface area contributed by atoms with Gasteiger partial charge in [-0.3, -0.25) is 0 Å². The molecule has 0 saturated heterocycles. The molecule has 0 aliphatic heterocycles. The van der Waals surface area contributed by atoms with Crippen LogP contribution in [0.3, 0.4) is 0 Å². The molecule has 14 heavy (non-hydrogen) atoms. The summed E-state index contributed by atoms with van der Waals surface area (Å²) >= 11 is 0. The first kappa shape index (κ1) is 11.0. The molecule has 0 saturated carbocycles. The average Bonchev–Trinajstić information content (AvgIpc) is 2.20. The van der Waals surface area contributed by atoms with Crippen LogP contribution in [0.2, 0.25) is 0 Å². The minimum atomic E-state index is -0.317. The van der Waals surface area contributed by atoms with Crippen LogP contribution in [-0.2, 0) is 0 Å². The third-order valence-corrected chi connectivity index (χ3v) is 2.31. The van der Waals surface area contributed by atoms with Gasteiger partial charge in [0.15, 0.2) is 11.6 Å². The van der Waals surface area contributed by atoms with Gasteiger partial charge in [-0.25, -0.2) is 4.39 Å². The summed E-state index contributed by atoms with van der Waals surface area (Å²) in [5.41, 5.74) is 0. The van der Waals surface area contributed by atoms with Crippen molar-refractivity contribution in [2.24, 2.45) is 0 Å². The molecule has 1 aromatic rings. The number of nitrogens with one attached hydrogen (secondary N) is 1. The van der Waals surface area contributed by atoms with Crippen LogP contribution in [0, 0.1) is 5.82 Å². The van der Waals surface area contributed by atoms with Crippen molar-refractivity contribution in [2.45, 2.75) is 26.0 Å². The average molecular weight is 197 g/mol. The number of hydrogen-bond donors (Lipinski definition) is 1. The van der Waals surface area contributed by atoms with Crippen molar-refractivity contribution in [1.29, 1.82) is 0 Å². The highest BCUT2D eigenvalue weighted by molar-refractivity contribution is 5.23. The van der Waals surface area contributed by atoms with Crippen LogP contribution in [0.5, 0.6) is 5.75 Å². The third kappa shape index (κ3) is 2.70. The summed E-state index contributed by atoms with van der Waals surface area (Å²) in [6, 6.07) is 6.62. The molecular weight excluding hydrogens is 181 g/mol. The molecule has 0 radical (unpaired) electrons. The van der Waals surface area contributed by atoms with Gasteiger partial charge in [-0.05, 0) is 33.0 Å². The van der Waals surface area contributed by atoms with E-state index in [9.17, 15) is 4.39 Å². The van der Waals surface area contributed by atoms with Gasteiger partial charge in [0.25, 0.3) is 0 Å². The van der Waals surface area contributed by atoms with Gasteiger partial charge >= 0.3 is 0 Å². The second-order valence-corrected chi connectivity index (χ2v) is 3.33. The predicted octanol–water partition coefficient (Wildman–Crippen LogP) is 2.20. The highest BCUT2D eigenvalue weighted by Crippen LogP contribution is 2.17. The standard InChI is InChI=1S/C11H16FNO/c1-8(13-3)9(2)14-11-7-5-4-6-10(11)12/h4-9,13H,1-3H3. The van der Waals surface area contributed by atoms with Gasteiger partial charge < -0.3 is 10.1 Å². The predicted molar refractivity (Wildman–Crippen MR) is 55.0 cm³/mol. The minimum absolute atomic E-state index is 0.0584. The van der Waals surface area contributed by atoms with Crippen LogP contribution in [-0.4, -0.2) is 19.2 Å². The molecule has 1 N–H and O–H groups in total. The van der Waals surface area contributed by atoms with Crippen LogP contribution >= 0.6 is 0 Å². The Kier molecular flexibility index (Phi) is 3.89. The topological polar surface area (TPSA) is 21.3 Å². The van der Waals surface area contributed by atoms with Gasteiger partial charge in [0.1, 0.15) is 6.10 Å². The zero-order valence-corrected chi connectivity index (χ0v) is 8.75. The molecule has 2 unspecified atom stereocenters. The molecule has 0 bridgehead atoms. The van der Waals surface area contributed by atoms with Crippen molar-refractivity contribution in [2.75, 3.05) is 7.05 Å². The molecule has 0 spiro atoms. The van der Waals surface area contributed by atoms with E-state index in [0.29, 0.717) is 5.75 Å². The molecule has 0 aliphatic rings. The third-order valence-electron chi connectivity index (χ3n) is 2.31. The smallest absolute Gasteiger partial charge is 0.165 e. The van der Waals surface area contributed by atoms with Crippen LogP contribution in [0.1, 0.15) is 13.8 Å². The van der Waals surface area contributed by atoms with Crippen LogP contribution in [0.15, 0.2) is 24.3 Å². The number of rotatable bonds is 4. The Morgan fingerprint density at radius 3 is 2.50 bits per heavy atom. The summed E-state index contributed by atoms with van der Waals surface area (Å²) in [6.07, 6.45) is -0.0584. The molecule has 78 valence electrons. The van der Waals surface area contributed by atoms with Crippen LogP contribution < -0.4 is 10.1 Å².